The van der Waals surface area contributed by atoms with E-state index in [1.807, 2.05) is 28.9 Å². The Balaban J connectivity index is 1.33. The number of ketones is 1. The van der Waals surface area contributed by atoms with Gasteiger partial charge in [0.25, 0.3) is 0 Å². The molecule has 1 atom stereocenters. The number of rotatable bonds is 6. The van der Waals surface area contributed by atoms with Crippen LogP contribution in [-0.2, 0) is 16.1 Å². The first kappa shape index (κ1) is 19.8. The number of Topliss-reactive ketones (excluding diaryl/α,β-unsaturated/α-hetero) is 1. The highest BCUT2D eigenvalue weighted by atomic mass is 16.5. The van der Waals surface area contributed by atoms with Gasteiger partial charge in [-0.2, -0.15) is 5.10 Å². The van der Waals surface area contributed by atoms with Crippen molar-refractivity contribution < 1.29 is 14.3 Å². The highest BCUT2D eigenvalue weighted by Crippen LogP contribution is 2.27. The molecule has 1 aromatic carbocycles. The lowest BCUT2D eigenvalue weighted by Crippen LogP contribution is -2.35. The van der Waals surface area contributed by atoms with Crippen molar-refractivity contribution in [3.05, 3.63) is 47.7 Å². The van der Waals surface area contributed by atoms with E-state index in [2.05, 4.69) is 21.4 Å². The predicted molar refractivity (Wildman–Crippen MR) is 110 cm³/mol. The van der Waals surface area contributed by atoms with Crippen molar-refractivity contribution in [1.82, 2.24) is 14.7 Å². The van der Waals surface area contributed by atoms with Gasteiger partial charge in [0.2, 0.25) is 5.91 Å². The molecule has 1 unspecified atom stereocenters. The van der Waals surface area contributed by atoms with Gasteiger partial charge in [0, 0.05) is 37.9 Å². The Morgan fingerprint density at radius 3 is 2.76 bits per heavy atom. The van der Waals surface area contributed by atoms with Gasteiger partial charge in [-0.15, -0.1) is 0 Å². The molecule has 2 aliphatic heterocycles. The lowest BCUT2D eigenvalue weighted by Gasteiger charge is -2.32. The zero-order valence-corrected chi connectivity index (χ0v) is 16.8. The molecular formula is C22H28N4O3. The fourth-order valence-electron chi connectivity index (χ4n) is 4.14. The molecule has 0 aliphatic carbocycles. The number of likely N-dealkylation sites (tertiary alicyclic amines) is 1. The van der Waals surface area contributed by atoms with Crippen LogP contribution in [0.4, 0.5) is 5.82 Å². The number of aromatic nitrogens is 2. The fraction of sp³-hybridized carbons (Fsp3) is 0.500. The van der Waals surface area contributed by atoms with Crippen molar-refractivity contribution in [2.24, 2.45) is 5.92 Å². The van der Waals surface area contributed by atoms with E-state index in [1.54, 1.807) is 13.1 Å². The Hall–Kier alpha value is -2.51. The van der Waals surface area contributed by atoms with Crippen molar-refractivity contribution in [1.29, 1.82) is 0 Å². The van der Waals surface area contributed by atoms with Crippen LogP contribution in [-0.4, -0.2) is 52.7 Å². The number of carbonyl (C=O) groups is 2. The van der Waals surface area contributed by atoms with E-state index < -0.39 is 0 Å². The van der Waals surface area contributed by atoms with Crippen LogP contribution in [0.2, 0.25) is 0 Å². The largest absolute Gasteiger partial charge is 0.381 e. The smallest absolute Gasteiger partial charge is 0.231 e. The minimum Gasteiger partial charge on any atom is -0.381 e. The molecule has 7 nitrogen and oxygen atoms in total. The molecule has 7 heteroatoms. The van der Waals surface area contributed by atoms with E-state index in [1.165, 1.54) is 5.56 Å². The molecule has 4 rings (SSSR count). The summed E-state index contributed by atoms with van der Waals surface area (Å²) >= 11 is 0. The Morgan fingerprint density at radius 1 is 1.21 bits per heavy atom. The number of carbonyl (C=O) groups excluding carboxylic acids is 2. The van der Waals surface area contributed by atoms with Gasteiger partial charge in [0.05, 0.1) is 24.8 Å². The topological polar surface area (TPSA) is 76.5 Å². The SMILES string of the molecule is CC(=O)c1cccc(CN2CCC(n3nccc3NC(=O)C3CCOC3)CC2)c1. The van der Waals surface area contributed by atoms with Crippen molar-refractivity contribution in [2.75, 3.05) is 31.6 Å². The highest BCUT2D eigenvalue weighted by molar-refractivity contribution is 5.94. The second-order valence-corrected chi connectivity index (χ2v) is 7.97. The monoisotopic (exact) mass is 396 g/mol. The molecule has 2 saturated heterocycles. The molecule has 2 fully saturated rings. The number of benzene rings is 1. The molecule has 0 bridgehead atoms. The number of amides is 1. The fourth-order valence-corrected chi connectivity index (χ4v) is 4.14. The Bertz CT molecular complexity index is 864. The number of hydrogen-bond donors (Lipinski definition) is 1. The van der Waals surface area contributed by atoms with Gasteiger partial charge in [-0.3, -0.25) is 14.5 Å². The van der Waals surface area contributed by atoms with Crippen LogP contribution < -0.4 is 5.32 Å². The van der Waals surface area contributed by atoms with Crippen molar-refractivity contribution >= 4 is 17.5 Å². The van der Waals surface area contributed by atoms with E-state index in [0.29, 0.717) is 13.2 Å². The maximum Gasteiger partial charge on any atom is 0.231 e. The van der Waals surface area contributed by atoms with Gasteiger partial charge in [-0.05, 0) is 37.8 Å². The summed E-state index contributed by atoms with van der Waals surface area (Å²) in [4.78, 5) is 26.4. The van der Waals surface area contributed by atoms with Gasteiger partial charge in [0.1, 0.15) is 5.82 Å². The third-order valence-electron chi connectivity index (χ3n) is 5.86. The molecule has 1 amide bonds. The Morgan fingerprint density at radius 2 is 2.03 bits per heavy atom. The van der Waals surface area contributed by atoms with Crippen molar-refractivity contribution in [3.8, 4) is 0 Å². The van der Waals surface area contributed by atoms with Crippen molar-refractivity contribution in [2.45, 2.75) is 38.8 Å². The number of nitrogens with one attached hydrogen (secondary N) is 1. The standard InChI is InChI=1S/C22H28N4O3/c1-16(27)18-4-2-3-17(13-18)14-25-10-6-20(7-11-25)26-21(5-9-23-26)24-22(28)19-8-12-29-15-19/h2-5,9,13,19-20H,6-8,10-12,14-15H2,1H3,(H,24,28). The third-order valence-corrected chi connectivity index (χ3v) is 5.86. The molecule has 2 aromatic rings. The van der Waals surface area contributed by atoms with Crippen LogP contribution in [0.15, 0.2) is 36.5 Å². The maximum atomic E-state index is 12.4. The predicted octanol–water partition coefficient (Wildman–Crippen LogP) is 2.90. The van der Waals surface area contributed by atoms with Gasteiger partial charge in [-0.25, -0.2) is 4.68 Å². The quantitative estimate of drug-likeness (QED) is 0.760. The number of hydrogen-bond acceptors (Lipinski definition) is 5. The van der Waals surface area contributed by atoms with Gasteiger partial charge >= 0.3 is 0 Å². The molecule has 2 aliphatic rings. The number of piperidine rings is 1. The van der Waals surface area contributed by atoms with E-state index in [0.717, 1.165) is 50.3 Å². The third kappa shape index (κ3) is 4.74. The Labute approximate surface area is 171 Å². The number of ether oxygens (including phenoxy) is 1. The zero-order chi connectivity index (χ0) is 20.2. The summed E-state index contributed by atoms with van der Waals surface area (Å²) in [5.74, 6) is 0.829. The maximum absolute atomic E-state index is 12.4. The van der Waals surface area contributed by atoms with Crippen LogP contribution in [0.1, 0.15) is 48.1 Å². The average molecular weight is 396 g/mol. The van der Waals surface area contributed by atoms with Crippen LogP contribution in [0.3, 0.4) is 0 Å². The summed E-state index contributed by atoms with van der Waals surface area (Å²) in [6.07, 6.45) is 4.48. The summed E-state index contributed by atoms with van der Waals surface area (Å²) in [6, 6.07) is 10.0. The van der Waals surface area contributed by atoms with Crippen LogP contribution in [0.5, 0.6) is 0 Å². The second kappa shape index (κ2) is 8.88. The molecule has 29 heavy (non-hydrogen) atoms. The first-order valence-corrected chi connectivity index (χ1v) is 10.3. The first-order valence-electron chi connectivity index (χ1n) is 10.3. The second-order valence-electron chi connectivity index (χ2n) is 7.97. The molecule has 1 N–H and O–H groups in total. The number of anilines is 1. The van der Waals surface area contributed by atoms with Crippen LogP contribution in [0.25, 0.3) is 0 Å². The lowest BCUT2D eigenvalue weighted by atomic mass is 10.0. The normalized spacial score (nSPS) is 20.7. The zero-order valence-electron chi connectivity index (χ0n) is 16.8. The van der Waals surface area contributed by atoms with Gasteiger partial charge in [0.15, 0.2) is 5.78 Å². The summed E-state index contributed by atoms with van der Waals surface area (Å²) in [6.45, 7) is 5.52. The first-order chi connectivity index (χ1) is 14.1. The van der Waals surface area contributed by atoms with E-state index in [4.69, 9.17) is 4.74 Å². The summed E-state index contributed by atoms with van der Waals surface area (Å²) < 4.78 is 7.28. The Kier molecular flexibility index (Phi) is 6.06. The molecule has 1 aromatic heterocycles. The summed E-state index contributed by atoms with van der Waals surface area (Å²) in [7, 11) is 0. The van der Waals surface area contributed by atoms with E-state index >= 15 is 0 Å². The molecule has 0 radical (unpaired) electrons. The van der Waals surface area contributed by atoms with Crippen LogP contribution in [0, 0.1) is 5.92 Å². The molecule has 0 saturated carbocycles. The minimum atomic E-state index is -0.0639. The van der Waals surface area contributed by atoms with E-state index in [9.17, 15) is 9.59 Å². The summed E-state index contributed by atoms with van der Waals surface area (Å²) in [5, 5.41) is 7.51. The summed E-state index contributed by atoms with van der Waals surface area (Å²) in [5.41, 5.74) is 1.93. The number of nitrogens with zero attached hydrogens (tertiary/aromatic N) is 3. The average Bonchev–Trinajstić information content (AvgIpc) is 3.41. The molecule has 3 heterocycles. The van der Waals surface area contributed by atoms with Gasteiger partial charge < -0.3 is 10.1 Å². The molecule has 154 valence electrons. The highest BCUT2D eigenvalue weighted by Gasteiger charge is 2.27. The minimum absolute atomic E-state index is 0.0204. The molecular weight excluding hydrogens is 368 g/mol. The van der Waals surface area contributed by atoms with Crippen LogP contribution >= 0.6 is 0 Å². The molecule has 0 spiro atoms. The van der Waals surface area contributed by atoms with E-state index in [-0.39, 0.29) is 23.7 Å². The van der Waals surface area contributed by atoms with Gasteiger partial charge in [-0.1, -0.05) is 18.2 Å². The van der Waals surface area contributed by atoms with Crippen molar-refractivity contribution in [3.63, 3.8) is 0 Å². The lowest BCUT2D eigenvalue weighted by molar-refractivity contribution is -0.119.